The van der Waals surface area contributed by atoms with E-state index in [1.165, 1.54) is 33.4 Å². The third-order valence-electron chi connectivity index (χ3n) is 13.6. The van der Waals surface area contributed by atoms with Gasteiger partial charge < -0.3 is 4.99 Å². The maximum absolute atomic E-state index is 5.40. The van der Waals surface area contributed by atoms with Crippen LogP contribution in [0.2, 0.25) is 0 Å². The minimum atomic E-state index is 0. The summed E-state index contributed by atoms with van der Waals surface area (Å²) in [5.74, 6) is 0. The number of hydrogen-bond acceptors (Lipinski definition) is 2. The van der Waals surface area contributed by atoms with Gasteiger partial charge in [0.15, 0.2) is 0 Å². The number of aromatic nitrogens is 1. The SMILES string of the molecule is [Pd+2].[c-]1c(C=Nc2ccc(-c3ccccc3-c3ccccc3)cc2-c2[c-]ccc(-c3ccccc3-c3ccccc3)c2)cc(-c2ccccc2-c2ccccc2)cc1-c1cc(-c2ccccc2-c2ccccc2)ccn1. The van der Waals surface area contributed by atoms with Gasteiger partial charge in [0.05, 0.1) is 0 Å². The predicted molar refractivity (Wildman–Crippen MR) is 310 cm³/mol. The minimum absolute atomic E-state index is 0. The van der Waals surface area contributed by atoms with E-state index in [4.69, 9.17) is 9.98 Å². The van der Waals surface area contributed by atoms with Crippen molar-refractivity contribution < 1.29 is 20.4 Å². The molecular formula is C72H48N2Pd. The molecule has 0 bridgehead atoms. The molecule has 0 unspecified atom stereocenters. The van der Waals surface area contributed by atoms with Crippen LogP contribution in [-0.4, -0.2) is 11.2 Å². The Labute approximate surface area is 453 Å². The van der Waals surface area contributed by atoms with E-state index in [-0.39, 0.29) is 20.4 Å². The van der Waals surface area contributed by atoms with Crippen molar-refractivity contribution in [3.63, 3.8) is 0 Å². The van der Waals surface area contributed by atoms with Crippen LogP contribution >= 0.6 is 0 Å². The first-order chi connectivity index (χ1) is 36.7. The van der Waals surface area contributed by atoms with Gasteiger partial charge in [0, 0.05) is 17.6 Å². The average Bonchev–Trinajstić information content (AvgIpc) is 3.49. The van der Waals surface area contributed by atoms with E-state index in [0.717, 1.165) is 89.3 Å². The Balaban J connectivity index is 0.00000602. The Morgan fingerprint density at radius 3 is 1.16 bits per heavy atom. The van der Waals surface area contributed by atoms with E-state index < -0.39 is 0 Å². The van der Waals surface area contributed by atoms with Crippen LogP contribution < -0.4 is 0 Å². The average molecular weight is 1050 g/mol. The molecule has 0 radical (unpaired) electrons. The van der Waals surface area contributed by atoms with Crippen molar-refractivity contribution in [2.24, 2.45) is 4.99 Å². The summed E-state index contributed by atoms with van der Waals surface area (Å²) in [7, 11) is 0. The quantitative estimate of drug-likeness (QED) is 0.0680. The third-order valence-corrected chi connectivity index (χ3v) is 13.6. The smallest absolute Gasteiger partial charge is 0.304 e. The topological polar surface area (TPSA) is 25.2 Å². The van der Waals surface area contributed by atoms with E-state index in [1.54, 1.807) is 0 Å². The summed E-state index contributed by atoms with van der Waals surface area (Å²) in [5, 5.41) is 0. The number of pyridine rings is 1. The molecule has 3 heteroatoms. The Hall–Kier alpha value is -9.10. The van der Waals surface area contributed by atoms with Gasteiger partial charge in [-0.3, -0.25) is 4.98 Å². The molecule has 11 aromatic carbocycles. The van der Waals surface area contributed by atoms with Crippen molar-refractivity contribution in [1.82, 2.24) is 4.98 Å². The van der Waals surface area contributed by atoms with Gasteiger partial charge in [-0.1, -0.05) is 253 Å². The second-order valence-corrected chi connectivity index (χ2v) is 18.3. The number of nitrogens with zero attached hydrogens (tertiary/aromatic N) is 2. The van der Waals surface area contributed by atoms with Crippen molar-refractivity contribution >= 4 is 11.9 Å². The Morgan fingerprint density at radius 2 is 0.693 bits per heavy atom. The zero-order chi connectivity index (χ0) is 49.5. The molecule has 75 heavy (non-hydrogen) atoms. The fourth-order valence-corrected chi connectivity index (χ4v) is 10.1. The molecule has 2 nitrogen and oxygen atoms in total. The van der Waals surface area contributed by atoms with E-state index in [1.807, 2.05) is 18.5 Å². The minimum Gasteiger partial charge on any atom is -0.304 e. The molecule has 1 aromatic heterocycles. The normalized spacial score (nSPS) is 11.0. The van der Waals surface area contributed by atoms with Crippen LogP contribution in [0.3, 0.4) is 0 Å². The third kappa shape index (κ3) is 10.4. The Bertz CT molecular complexity index is 3940. The largest absolute Gasteiger partial charge is 2.00 e. The first kappa shape index (κ1) is 48.2. The Kier molecular flexibility index (Phi) is 14.4. The second-order valence-electron chi connectivity index (χ2n) is 18.3. The molecule has 12 aromatic rings. The summed E-state index contributed by atoms with van der Waals surface area (Å²) >= 11 is 0. The van der Waals surface area contributed by atoms with Gasteiger partial charge in [-0.25, -0.2) is 0 Å². The van der Waals surface area contributed by atoms with E-state index >= 15 is 0 Å². The van der Waals surface area contributed by atoms with Crippen LogP contribution in [-0.2, 0) is 20.4 Å². The molecule has 0 aliphatic carbocycles. The standard InChI is InChI=1S/C72H48N2.Pd/c1-5-22-52(23-6-1)62-32-13-17-36-66(62)56-30-21-31-57(46-56)70-48-58(67-37-18-14-33-63(67)53-24-7-2-8-25-53)40-41-71(70)74-50-51-44-60(69-39-20-16-35-65(69)55-28-11-4-12-29-55)47-61(45-51)72-49-59(42-43-73-72)68-38-19-15-34-64(68)54-26-9-3-10-27-54;/h1-30,32-44,46-50H;/q-2;+2. The summed E-state index contributed by atoms with van der Waals surface area (Å²) in [4.78, 5) is 10.4. The summed E-state index contributed by atoms with van der Waals surface area (Å²) in [6, 6.07) is 106. The van der Waals surface area contributed by atoms with Gasteiger partial charge in [-0.05, 0) is 96.2 Å². The molecule has 0 saturated heterocycles. The van der Waals surface area contributed by atoms with Crippen LogP contribution in [0.25, 0.3) is 111 Å². The summed E-state index contributed by atoms with van der Waals surface area (Å²) in [6.07, 6.45) is 3.86. The number of aliphatic imine (C=N–C) groups is 1. The van der Waals surface area contributed by atoms with Crippen molar-refractivity contribution in [1.29, 1.82) is 0 Å². The number of hydrogen-bond donors (Lipinski definition) is 0. The zero-order valence-electron chi connectivity index (χ0n) is 40.9. The second kappa shape index (κ2) is 22.3. The van der Waals surface area contributed by atoms with Crippen molar-refractivity contribution in [2.45, 2.75) is 0 Å². The molecule has 0 aliphatic heterocycles. The van der Waals surface area contributed by atoms with Crippen LogP contribution in [0.4, 0.5) is 5.69 Å². The van der Waals surface area contributed by atoms with E-state index in [0.29, 0.717) is 0 Å². The molecule has 356 valence electrons. The van der Waals surface area contributed by atoms with Crippen molar-refractivity contribution in [3.05, 3.63) is 303 Å². The fraction of sp³-hybridized carbons (Fsp3) is 0. The molecule has 1 heterocycles. The van der Waals surface area contributed by atoms with Gasteiger partial charge in [-0.2, -0.15) is 0 Å². The molecular weight excluding hydrogens is 999 g/mol. The monoisotopic (exact) mass is 1050 g/mol. The predicted octanol–water partition coefficient (Wildman–Crippen LogP) is 19.1. The molecule has 0 fully saturated rings. The van der Waals surface area contributed by atoms with Gasteiger partial charge in [0.1, 0.15) is 0 Å². The first-order valence-corrected chi connectivity index (χ1v) is 25.0. The molecule has 0 amide bonds. The molecule has 0 N–H and O–H groups in total. The summed E-state index contributed by atoms with van der Waals surface area (Å²) in [5.41, 5.74) is 23.4. The van der Waals surface area contributed by atoms with Gasteiger partial charge in [0.25, 0.3) is 0 Å². The van der Waals surface area contributed by atoms with Crippen LogP contribution in [0.1, 0.15) is 5.56 Å². The Morgan fingerprint density at radius 1 is 0.307 bits per heavy atom. The maximum atomic E-state index is 5.40. The number of rotatable bonds is 12. The first-order valence-electron chi connectivity index (χ1n) is 25.0. The van der Waals surface area contributed by atoms with E-state index in [2.05, 4.69) is 285 Å². The van der Waals surface area contributed by atoms with Crippen LogP contribution in [0.5, 0.6) is 0 Å². The zero-order valence-corrected chi connectivity index (χ0v) is 42.5. The van der Waals surface area contributed by atoms with Gasteiger partial charge in [0.2, 0.25) is 0 Å². The molecule has 0 aliphatic rings. The molecule has 0 saturated carbocycles. The molecule has 0 atom stereocenters. The molecule has 0 spiro atoms. The van der Waals surface area contributed by atoms with Crippen LogP contribution in [0.15, 0.2) is 290 Å². The van der Waals surface area contributed by atoms with E-state index in [9.17, 15) is 0 Å². The summed E-state index contributed by atoms with van der Waals surface area (Å²) < 4.78 is 0. The van der Waals surface area contributed by atoms with Crippen LogP contribution in [0, 0.1) is 12.1 Å². The van der Waals surface area contributed by atoms with Crippen molar-refractivity contribution in [3.8, 4) is 111 Å². The van der Waals surface area contributed by atoms with Gasteiger partial charge >= 0.3 is 20.4 Å². The molecule has 12 rings (SSSR count). The van der Waals surface area contributed by atoms with Crippen molar-refractivity contribution in [2.75, 3.05) is 0 Å². The summed E-state index contributed by atoms with van der Waals surface area (Å²) in [6.45, 7) is 0. The number of benzene rings is 11. The van der Waals surface area contributed by atoms with Gasteiger partial charge in [-0.15, -0.1) is 59.2 Å². The maximum Gasteiger partial charge on any atom is 2.00 e. The fourth-order valence-electron chi connectivity index (χ4n) is 10.1.